The molecule has 2 aliphatic rings. The van der Waals surface area contributed by atoms with Gasteiger partial charge in [0.15, 0.2) is 0 Å². The minimum absolute atomic E-state index is 0.579. The molecule has 2 rings (SSSR count). The number of nitrogens with zero attached hydrogens (tertiary/aromatic N) is 1. The molecule has 0 aromatic heterocycles. The normalized spacial score (nSPS) is 24.2. The number of likely N-dealkylation sites (tertiary alicyclic amines) is 1. The molecule has 0 unspecified atom stereocenters. The van der Waals surface area contributed by atoms with Gasteiger partial charge in [0, 0.05) is 19.1 Å². The third-order valence-electron chi connectivity index (χ3n) is 2.92. The maximum Gasteiger partial charge on any atom is 0.0530 e. The average Bonchev–Trinajstić information content (AvgIpc) is 2.83. The van der Waals surface area contributed by atoms with Crippen molar-refractivity contribution in [2.75, 3.05) is 33.4 Å². The van der Waals surface area contributed by atoms with Crippen molar-refractivity contribution in [1.82, 2.24) is 4.90 Å². The third kappa shape index (κ3) is 2.96. The molecule has 0 radical (unpaired) electrons. The molecule has 0 bridgehead atoms. The van der Waals surface area contributed by atoms with Crippen molar-refractivity contribution in [2.45, 2.75) is 33.1 Å². The van der Waals surface area contributed by atoms with Crippen molar-refractivity contribution >= 4 is 0 Å². The summed E-state index contributed by atoms with van der Waals surface area (Å²) in [5, 5.41) is 0. The van der Waals surface area contributed by atoms with Gasteiger partial charge < -0.3 is 9.64 Å². The first-order valence-corrected chi connectivity index (χ1v) is 5.56. The molecule has 1 saturated carbocycles. The lowest BCUT2D eigenvalue weighted by Crippen LogP contribution is -2.42. The van der Waals surface area contributed by atoms with E-state index < -0.39 is 0 Å². The largest absolute Gasteiger partial charge is 0.384 e. The summed E-state index contributed by atoms with van der Waals surface area (Å²) in [6.07, 6.45) is 4.18. The number of hydrogen-bond donors (Lipinski definition) is 0. The lowest BCUT2D eigenvalue weighted by molar-refractivity contribution is 0.0826. The second-order valence-electron chi connectivity index (χ2n) is 4.06. The zero-order valence-corrected chi connectivity index (χ0v) is 9.31. The molecule has 0 aromatic rings. The summed E-state index contributed by atoms with van der Waals surface area (Å²) in [5.74, 6) is 0. The van der Waals surface area contributed by atoms with Crippen molar-refractivity contribution in [2.24, 2.45) is 5.41 Å². The molecule has 1 aliphatic carbocycles. The summed E-state index contributed by atoms with van der Waals surface area (Å²) in [7, 11) is 1.82. The molecule has 2 fully saturated rings. The van der Waals surface area contributed by atoms with Crippen LogP contribution in [0.3, 0.4) is 0 Å². The van der Waals surface area contributed by atoms with E-state index in [4.69, 9.17) is 4.74 Å². The fourth-order valence-electron chi connectivity index (χ4n) is 1.85. The minimum atomic E-state index is 0.579. The van der Waals surface area contributed by atoms with E-state index in [-0.39, 0.29) is 0 Å². The molecule has 0 spiro atoms. The van der Waals surface area contributed by atoms with Crippen LogP contribution in [0.1, 0.15) is 33.1 Å². The maximum atomic E-state index is 5.21. The summed E-state index contributed by atoms with van der Waals surface area (Å²) in [4.78, 5) is 2.55. The van der Waals surface area contributed by atoms with Crippen molar-refractivity contribution in [3.63, 3.8) is 0 Å². The molecule has 2 heteroatoms. The summed E-state index contributed by atoms with van der Waals surface area (Å²) in [6.45, 7) is 8.92. The Hall–Kier alpha value is -0.0800. The highest BCUT2D eigenvalue weighted by Gasteiger charge is 2.44. The van der Waals surface area contributed by atoms with E-state index in [0.717, 1.165) is 6.61 Å². The van der Waals surface area contributed by atoms with Crippen LogP contribution in [0.4, 0.5) is 0 Å². The Morgan fingerprint density at radius 2 is 1.85 bits per heavy atom. The van der Waals surface area contributed by atoms with Gasteiger partial charge in [-0.05, 0) is 32.4 Å². The molecule has 78 valence electrons. The second kappa shape index (κ2) is 4.97. The lowest BCUT2D eigenvalue weighted by Gasteiger charge is -2.34. The number of ether oxygens (including phenoxy) is 1. The van der Waals surface area contributed by atoms with E-state index in [1.54, 1.807) is 0 Å². The van der Waals surface area contributed by atoms with E-state index in [1.807, 2.05) is 21.0 Å². The monoisotopic (exact) mass is 185 g/mol. The van der Waals surface area contributed by atoms with E-state index >= 15 is 0 Å². The Morgan fingerprint density at radius 1 is 1.23 bits per heavy atom. The van der Waals surface area contributed by atoms with Crippen molar-refractivity contribution in [3.8, 4) is 0 Å². The Bertz CT molecular complexity index is 139. The van der Waals surface area contributed by atoms with E-state index in [0.29, 0.717) is 5.41 Å². The topological polar surface area (TPSA) is 12.5 Å². The van der Waals surface area contributed by atoms with Crippen LogP contribution in [0.2, 0.25) is 0 Å². The fourth-order valence-corrected chi connectivity index (χ4v) is 1.85. The van der Waals surface area contributed by atoms with Gasteiger partial charge in [-0.15, -0.1) is 0 Å². The number of rotatable bonds is 4. The molecular formula is C11H23NO. The van der Waals surface area contributed by atoms with Crippen LogP contribution in [-0.4, -0.2) is 38.3 Å². The van der Waals surface area contributed by atoms with Gasteiger partial charge in [-0.1, -0.05) is 13.8 Å². The first-order valence-electron chi connectivity index (χ1n) is 5.56. The molecule has 1 heterocycles. The van der Waals surface area contributed by atoms with Gasteiger partial charge >= 0.3 is 0 Å². The highest BCUT2D eigenvalue weighted by Crippen LogP contribution is 2.46. The quantitative estimate of drug-likeness (QED) is 0.665. The maximum absolute atomic E-state index is 5.21. The minimum Gasteiger partial charge on any atom is -0.384 e. The lowest BCUT2D eigenvalue weighted by atomic mass is 10.1. The van der Waals surface area contributed by atoms with Crippen LogP contribution in [0.5, 0.6) is 0 Å². The van der Waals surface area contributed by atoms with E-state index in [9.17, 15) is 0 Å². The molecule has 0 aromatic carbocycles. The molecule has 0 atom stereocenters. The summed E-state index contributed by atoms with van der Waals surface area (Å²) >= 11 is 0. The predicted octanol–water partition coefficient (Wildman–Crippen LogP) is 2.14. The second-order valence-corrected chi connectivity index (χ2v) is 4.06. The van der Waals surface area contributed by atoms with Gasteiger partial charge in [0.1, 0.15) is 0 Å². The van der Waals surface area contributed by atoms with Crippen LogP contribution >= 0.6 is 0 Å². The molecule has 2 nitrogen and oxygen atoms in total. The van der Waals surface area contributed by atoms with Gasteiger partial charge in [0.25, 0.3) is 0 Å². The van der Waals surface area contributed by atoms with Gasteiger partial charge in [-0.2, -0.15) is 0 Å². The number of methoxy groups -OCH3 is 1. The molecule has 1 aliphatic heterocycles. The summed E-state index contributed by atoms with van der Waals surface area (Å²) in [6, 6.07) is 0. The molecule has 0 N–H and O–H groups in total. The standard InChI is InChI=1S/C9H17NO.C2H6/c1-11-8-9(3-4-9)7-10-5-2-6-10;1-2/h2-8H2,1H3;1-2H3. The number of hydrogen-bond acceptors (Lipinski definition) is 2. The highest BCUT2D eigenvalue weighted by atomic mass is 16.5. The molecular weight excluding hydrogens is 162 g/mol. The Kier molecular flexibility index (Phi) is 4.20. The van der Waals surface area contributed by atoms with Crippen molar-refractivity contribution in [1.29, 1.82) is 0 Å². The molecule has 13 heavy (non-hydrogen) atoms. The SMILES string of the molecule is CC.COCC1(CN2CCC2)CC1. The van der Waals surface area contributed by atoms with Crippen LogP contribution in [-0.2, 0) is 4.74 Å². The van der Waals surface area contributed by atoms with Crippen molar-refractivity contribution < 1.29 is 4.74 Å². The van der Waals surface area contributed by atoms with Crippen molar-refractivity contribution in [3.05, 3.63) is 0 Å². The predicted molar refractivity (Wildman–Crippen MR) is 55.9 cm³/mol. The van der Waals surface area contributed by atoms with Gasteiger partial charge in [-0.25, -0.2) is 0 Å². The van der Waals surface area contributed by atoms with Crippen LogP contribution in [0.25, 0.3) is 0 Å². The summed E-state index contributed by atoms with van der Waals surface area (Å²) in [5.41, 5.74) is 0.579. The first-order chi connectivity index (χ1) is 6.35. The van der Waals surface area contributed by atoms with E-state index in [2.05, 4.69) is 4.90 Å². The van der Waals surface area contributed by atoms with E-state index in [1.165, 1.54) is 38.9 Å². The zero-order valence-electron chi connectivity index (χ0n) is 9.31. The zero-order chi connectivity index (χ0) is 9.73. The smallest absolute Gasteiger partial charge is 0.0530 e. The van der Waals surface area contributed by atoms with Crippen LogP contribution < -0.4 is 0 Å². The first kappa shape index (κ1) is 11.0. The Balaban J connectivity index is 0.000000396. The highest BCUT2D eigenvalue weighted by molar-refractivity contribution is 4.96. The van der Waals surface area contributed by atoms with Crippen LogP contribution in [0, 0.1) is 5.41 Å². The molecule has 1 saturated heterocycles. The summed E-state index contributed by atoms with van der Waals surface area (Å²) < 4.78 is 5.21. The molecule has 0 amide bonds. The van der Waals surface area contributed by atoms with Crippen LogP contribution in [0.15, 0.2) is 0 Å². The average molecular weight is 185 g/mol. The van der Waals surface area contributed by atoms with Gasteiger partial charge in [-0.3, -0.25) is 0 Å². The van der Waals surface area contributed by atoms with Gasteiger partial charge in [0.2, 0.25) is 0 Å². The third-order valence-corrected chi connectivity index (χ3v) is 2.92. The Morgan fingerprint density at radius 3 is 2.15 bits per heavy atom. The fraction of sp³-hybridized carbons (Fsp3) is 1.00. The Labute approximate surface area is 82.3 Å². The van der Waals surface area contributed by atoms with Gasteiger partial charge in [0.05, 0.1) is 6.61 Å².